The van der Waals surface area contributed by atoms with E-state index in [1.54, 1.807) is 28.1 Å². The SMILES string of the molecule is COc1ccc(-c2ccc(OCc3cc(C(=O)NS(=O)(=O)c4ccc(CN)cn4)oc3C)cc2)cc1.COc1ccc(-c2ccc(OCc3cc(C(=O)O)oc3C)cc2)cc1. The number of rotatable bonds is 15. The molecule has 314 valence electrons. The molecule has 7 aromatic rings. The molecule has 0 aliphatic carbocycles. The number of hydrogen-bond donors (Lipinski definition) is 3. The molecule has 0 bridgehead atoms. The standard InChI is InChI=1S/C26H25N3O6S.C20H18O5/c1-17-21(16-34-23-10-6-20(7-11-23)19-4-8-22(33-2)9-5-19)13-24(35-17)26(30)29-36(31,32)25-12-3-18(14-27)15-28-25;1-13-16(11-19(25-13)20(21)22)12-24-18-9-5-15(6-10-18)14-3-7-17(23-2)8-4-14/h3-13,15H,14,16,27H2,1-2H3,(H,29,30);3-11H,12H2,1-2H3,(H,21,22). The quantitative estimate of drug-likeness (QED) is 0.0889. The molecule has 4 aromatic carbocycles. The average Bonchev–Trinajstić information content (AvgIpc) is 3.86. The first-order valence-electron chi connectivity index (χ1n) is 18.7. The Morgan fingerprint density at radius 2 is 1.05 bits per heavy atom. The minimum Gasteiger partial charge on any atom is -0.497 e. The number of sulfonamides is 1. The van der Waals surface area contributed by atoms with E-state index in [-0.39, 0.29) is 36.3 Å². The minimum absolute atomic E-state index is 0.0778. The number of carbonyl (C=O) groups is 2. The summed E-state index contributed by atoms with van der Waals surface area (Å²) in [5.41, 5.74) is 11.7. The molecule has 0 saturated carbocycles. The second-order valence-corrected chi connectivity index (χ2v) is 15.0. The Labute approximate surface area is 352 Å². The maximum absolute atomic E-state index is 12.5. The molecular weight excluding hydrogens is 803 g/mol. The van der Waals surface area contributed by atoms with Gasteiger partial charge in [0, 0.05) is 23.9 Å². The normalized spacial score (nSPS) is 10.9. The molecule has 3 heterocycles. The van der Waals surface area contributed by atoms with Crippen LogP contribution in [0, 0.1) is 13.8 Å². The van der Waals surface area contributed by atoms with Crippen molar-refractivity contribution < 1.29 is 50.9 Å². The number of pyridine rings is 1. The fourth-order valence-corrected chi connectivity index (χ4v) is 6.72. The van der Waals surface area contributed by atoms with Crippen LogP contribution in [0.25, 0.3) is 22.3 Å². The molecule has 0 spiro atoms. The molecule has 15 heteroatoms. The number of ether oxygens (including phenoxy) is 4. The Hall–Kier alpha value is -7.36. The van der Waals surface area contributed by atoms with Gasteiger partial charge in [0.1, 0.15) is 47.7 Å². The molecule has 61 heavy (non-hydrogen) atoms. The highest BCUT2D eigenvalue weighted by Crippen LogP contribution is 2.27. The van der Waals surface area contributed by atoms with E-state index in [1.807, 2.05) is 102 Å². The molecule has 1 amide bonds. The Kier molecular flexibility index (Phi) is 13.9. The first-order chi connectivity index (χ1) is 29.3. The summed E-state index contributed by atoms with van der Waals surface area (Å²) in [6.45, 7) is 4.01. The minimum atomic E-state index is -4.17. The molecule has 0 atom stereocenters. The van der Waals surface area contributed by atoms with Crippen LogP contribution in [0.3, 0.4) is 0 Å². The number of methoxy groups -OCH3 is 2. The van der Waals surface area contributed by atoms with Crippen LogP contribution in [0.15, 0.2) is 141 Å². The van der Waals surface area contributed by atoms with Crippen LogP contribution in [-0.2, 0) is 29.8 Å². The van der Waals surface area contributed by atoms with E-state index in [9.17, 15) is 18.0 Å². The molecular formula is C46H43N3O11S. The third-order valence-corrected chi connectivity index (χ3v) is 10.6. The van der Waals surface area contributed by atoms with Gasteiger partial charge >= 0.3 is 11.9 Å². The number of nitrogens with one attached hydrogen (secondary N) is 1. The van der Waals surface area contributed by atoms with Gasteiger partial charge < -0.3 is 38.6 Å². The lowest BCUT2D eigenvalue weighted by molar-refractivity contribution is 0.0660. The maximum atomic E-state index is 12.5. The number of aromatic carboxylic acids is 1. The highest BCUT2D eigenvalue weighted by molar-refractivity contribution is 7.90. The van der Waals surface area contributed by atoms with Crippen molar-refractivity contribution >= 4 is 21.9 Å². The summed E-state index contributed by atoms with van der Waals surface area (Å²) in [6, 6.07) is 36.6. The van der Waals surface area contributed by atoms with Crippen molar-refractivity contribution in [2.45, 2.75) is 38.6 Å². The van der Waals surface area contributed by atoms with E-state index >= 15 is 0 Å². The number of aryl methyl sites for hydroxylation is 2. The molecule has 0 aliphatic rings. The number of aromatic nitrogens is 1. The molecule has 3 aromatic heterocycles. The number of nitrogens with two attached hydrogens (primary N) is 1. The first kappa shape index (κ1) is 43.2. The predicted molar refractivity (Wildman–Crippen MR) is 226 cm³/mol. The van der Waals surface area contributed by atoms with Crippen molar-refractivity contribution in [3.05, 3.63) is 167 Å². The van der Waals surface area contributed by atoms with E-state index in [0.29, 0.717) is 34.1 Å². The zero-order valence-corrected chi connectivity index (χ0v) is 34.5. The Balaban J connectivity index is 0.000000218. The maximum Gasteiger partial charge on any atom is 0.371 e. The van der Waals surface area contributed by atoms with Crippen LogP contribution >= 0.6 is 0 Å². The van der Waals surface area contributed by atoms with Gasteiger partial charge in [0.05, 0.1) is 14.2 Å². The number of furan rings is 2. The number of amides is 1. The molecule has 0 radical (unpaired) electrons. The monoisotopic (exact) mass is 845 g/mol. The fourth-order valence-electron chi connectivity index (χ4n) is 5.84. The zero-order valence-electron chi connectivity index (χ0n) is 33.7. The van der Waals surface area contributed by atoms with Gasteiger partial charge in [-0.3, -0.25) is 4.79 Å². The molecule has 4 N–H and O–H groups in total. The van der Waals surface area contributed by atoms with Crippen molar-refractivity contribution in [2.75, 3.05) is 14.2 Å². The third-order valence-electron chi connectivity index (χ3n) is 9.36. The summed E-state index contributed by atoms with van der Waals surface area (Å²) < 4.78 is 59.5. The van der Waals surface area contributed by atoms with Gasteiger partial charge in [-0.05, 0) is 108 Å². The molecule has 0 saturated heterocycles. The van der Waals surface area contributed by atoms with Crippen LogP contribution in [0.2, 0.25) is 0 Å². The number of carboxylic acid groups (broad SMARTS) is 1. The summed E-state index contributed by atoms with van der Waals surface area (Å²) in [5.74, 6) is 1.72. The van der Waals surface area contributed by atoms with Crippen LogP contribution < -0.4 is 29.4 Å². The lowest BCUT2D eigenvalue weighted by Gasteiger charge is -2.07. The molecule has 7 rings (SSSR count). The van der Waals surface area contributed by atoms with E-state index in [1.165, 1.54) is 30.5 Å². The van der Waals surface area contributed by atoms with Gasteiger partial charge in [-0.2, -0.15) is 8.42 Å². The van der Waals surface area contributed by atoms with Crippen molar-refractivity contribution in [2.24, 2.45) is 5.73 Å². The van der Waals surface area contributed by atoms with Crippen LogP contribution in [-0.4, -0.2) is 44.6 Å². The topological polar surface area (TPSA) is 203 Å². The second kappa shape index (κ2) is 19.6. The number of hydrogen-bond acceptors (Lipinski definition) is 12. The third kappa shape index (κ3) is 11.2. The van der Waals surface area contributed by atoms with Gasteiger partial charge in [0.25, 0.3) is 10.0 Å². The highest BCUT2D eigenvalue weighted by atomic mass is 32.2. The number of nitrogens with zero attached hydrogens (tertiary/aromatic N) is 1. The Bertz CT molecular complexity index is 2670. The Morgan fingerprint density at radius 1 is 0.639 bits per heavy atom. The van der Waals surface area contributed by atoms with Gasteiger partial charge in [0.15, 0.2) is 10.8 Å². The first-order valence-corrected chi connectivity index (χ1v) is 20.2. The van der Waals surface area contributed by atoms with Crippen molar-refractivity contribution in [1.82, 2.24) is 9.71 Å². The highest BCUT2D eigenvalue weighted by Gasteiger charge is 2.23. The summed E-state index contributed by atoms with van der Waals surface area (Å²) >= 11 is 0. The Morgan fingerprint density at radius 3 is 1.41 bits per heavy atom. The summed E-state index contributed by atoms with van der Waals surface area (Å²) in [6.07, 6.45) is 1.34. The van der Waals surface area contributed by atoms with Gasteiger partial charge in [-0.15, -0.1) is 0 Å². The van der Waals surface area contributed by atoms with Crippen LogP contribution in [0.5, 0.6) is 23.0 Å². The smallest absolute Gasteiger partial charge is 0.371 e. The lowest BCUT2D eigenvalue weighted by Crippen LogP contribution is -2.31. The zero-order chi connectivity index (χ0) is 43.5. The van der Waals surface area contributed by atoms with Crippen molar-refractivity contribution in [3.8, 4) is 45.3 Å². The molecule has 0 aliphatic heterocycles. The fraction of sp³-hybridized carbons (Fsp3) is 0.152. The van der Waals surface area contributed by atoms with E-state index < -0.39 is 21.9 Å². The predicted octanol–water partition coefficient (Wildman–Crippen LogP) is 8.36. The molecule has 14 nitrogen and oxygen atoms in total. The summed E-state index contributed by atoms with van der Waals surface area (Å²) in [5, 5.41) is 8.64. The second-order valence-electron chi connectivity index (χ2n) is 13.4. The molecule has 0 unspecified atom stereocenters. The van der Waals surface area contributed by atoms with E-state index in [2.05, 4.69) is 4.98 Å². The van der Waals surface area contributed by atoms with Crippen molar-refractivity contribution in [3.63, 3.8) is 0 Å². The van der Waals surface area contributed by atoms with E-state index in [4.69, 9.17) is 38.6 Å². The van der Waals surface area contributed by atoms with Gasteiger partial charge in [0.2, 0.25) is 5.76 Å². The van der Waals surface area contributed by atoms with Gasteiger partial charge in [-0.25, -0.2) is 14.5 Å². The summed E-state index contributed by atoms with van der Waals surface area (Å²) in [7, 11) is -0.906. The largest absolute Gasteiger partial charge is 0.497 e. The molecule has 0 fully saturated rings. The number of carbonyl (C=O) groups excluding carboxylic acids is 1. The number of benzene rings is 4. The number of carboxylic acids is 1. The summed E-state index contributed by atoms with van der Waals surface area (Å²) in [4.78, 5) is 27.3. The van der Waals surface area contributed by atoms with E-state index in [0.717, 1.165) is 39.3 Å². The lowest BCUT2D eigenvalue weighted by atomic mass is 10.1. The van der Waals surface area contributed by atoms with Crippen LogP contribution in [0.4, 0.5) is 0 Å². The van der Waals surface area contributed by atoms with Crippen molar-refractivity contribution in [1.29, 1.82) is 0 Å². The average molecular weight is 846 g/mol. The van der Waals surface area contributed by atoms with Crippen LogP contribution in [0.1, 0.15) is 49.3 Å². The van der Waals surface area contributed by atoms with Gasteiger partial charge in [-0.1, -0.05) is 54.6 Å².